The molecule has 298 valence electrons. The van der Waals surface area contributed by atoms with Crippen molar-refractivity contribution < 1.29 is 8.83 Å². The van der Waals surface area contributed by atoms with Crippen molar-refractivity contribution in [2.45, 2.75) is 13.1 Å². The van der Waals surface area contributed by atoms with Crippen LogP contribution in [0.4, 0.5) is 0 Å². The average Bonchev–Trinajstić information content (AvgIpc) is 4.01. The molecule has 5 nitrogen and oxygen atoms in total. The molecule has 0 spiro atoms. The van der Waals surface area contributed by atoms with Gasteiger partial charge in [-0.3, -0.25) is 10.4 Å². The van der Waals surface area contributed by atoms with E-state index in [9.17, 15) is 0 Å². The van der Waals surface area contributed by atoms with Crippen LogP contribution in [0.15, 0.2) is 191 Å². The summed E-state index contributed by atoms with van der Waals surface area (Å²) in [4.78, 5) is 4.45. The van der Waals surface area contributed by atoms with Crippen molar-refractivity contribution in [1.29, 1.82) is 5.41 Å². The summed E-state index contributed by atoms with van der Waals surface area (Å²) in [5, 5.41) is 18.8. The molecule has 8 aromatic carbocycles. The van der Waals surface area contributed by atoms with E-state index in [1.165, 1.54) is 31.3 Å². The molecule has 1 atom stereocenters. The Morgan fingerprint density at radius 1 is 0.581 bits per heavy atom. The van der Waals surface area contributed by atoms with Crippen molar-refractivity contribution in [3.63, 3.8) is 0 Å². The number of aliphatic imine (C=N–C) groups is 1. The Bertz CT molecular complexity index is 3550. The number of fused-ring (bicyclic) bond motifs is 9. The molecule has 0 aliphatic heterocycles. The summed E-state index contributed by atoms with van der Waals surface area (Å²) >= 11 is 1.83. The van der Waals surface area contributed by atoms with Gasteiger partial charge in [-0.25, -0.2) is 0 Å². The van der Waals surface area contributed by atoms with Gasteiger partial charge in [0, 0.05) is 52.8 Å². The van der Waals surface area contributed by atoms with Gasteiger partial charge >= 0.3 is 0 Å². The molecule has 6 heteroatoms. The van der Waals surface area contributed by atoms with Crippen LogP contribution < -0.4 is 5.32 Å². The van der Waals surface area contributed by atoms with Gasteiger partial charge in [-0.15, -0.1) is 11.3 Å². The predicted molar refractivity (Wildman–Crippen MR) is 265 cm³/mol. The molecule has 0 fully saturated rings. The quantitative estimate of drug-likeness (QED) is 0.118. The second-order valence-electron chi connectivity index (χ2n) is 15.3. The Balaban J connectivity index is 0.000000598. The Morgan fingerprint density at radius 2 is 1.27 bits per heavy atom. The summed E-state index contributed by atoms with van der Waals surface area (Å²) < 4.78 is 15.5. The summed E-state index contributed by atoms with van der Waals surface area (Å²) in [5.74, 6) is 0.226. The number of furan rings is 2. The fourth-order valence-electron chi connectivity index (χ4n) is 8.47. The van der Waals surface area contributed by atoms with E-state index in [0.29, 0.717) is 5.56 Å². The van der Waals surface area contributed by atoms with E-state index in [0.717, 1.165) is 77.3 Å². The van der Waals surface area contributed by atoms with Gasteiger partial charge < -0.3 is 14.2 Å². The van der Waals surface area contributed by atoms with Gasteiger partial charge in [-0.1, -0.05) is 140 Å². The SMILES string of the molecule is C=Cc1ccc(C(=N)NC(N=C)c2cccc3oc4ccc(-c5cccc6oc7cc(-c8ccc9c(c8)sc8ccccc89)ccc7c56)cc4c23)cc1C=C.Cc1ccccc1. The van der Waals surface area contributed by atoms with Crippen molar-refractivity contribution in [3.05, 3.63) is 205 Å². The lowest BCUT2D eigenvalue weighted by molar-refractivity contribution is 0.664. The molecule has 2 N–H and O–H groups in total. The van der Waals surface area contributed by atoms with E-state index in [-0.39, 0.29) is 5.84 Å². The van der Waals surface area contributed by atoms with Crippen LogP contribution >= 0.6 is 11.3 Å². The molecule has 0 amide bonds. The van der Waals surface area contributed by atoms with Gasteiger partial charge in [0.15, 0.2) is 0 Å². The summed E-state index contributed by atoms with van der Waals surface area (Å²) in [5.41, 5.74) is 12.4. The predicted octanol–water partition coefficient (Wildman–Crippen LogP) is 15.8. The molecule has 1 unspecified atom stereocenters. The van der Waals surface area contributed by atoms with Gasteiger partial charge in [0.25, 0.3) is 0 Å². The molecule has 3 aromatic heterocycles. The first-order valence-corrected chi connectivity index (χ1v) is 21.3. The smallest absolute Gasteiger partial charge is 0.145 e. The molecule has 0 aliphatic rings. The number of hydrogen-bond donors (Lipinski definition) is 2. The number of benzene rings is 8. The van der Waals surface area contributed by atoms with E-state index < -0.39 is 6.17 Å². The molecular formula is C56H41N3O2S. The number of nitrogens with zero attached hydrogens (tertiary/aromatic N) is 1. The van der Waals surface area contributed by atoms with Gasteiger partial charge in [-0.05, 0) is 102 Å². The van der Waals surface area contributed by atoms with Crippen molar-refractivity contribution in [2.75, 3.05) is 0 Å². The summed E-state index contributed by atoms with van der Waals surface area (Å²) in [6, 6.07) is 56.4. The molecule has 11 aromatic rings. The maximum Gasteiger partial charge on any atom is 0.145 e. The molecule has 0 aliphatic carbocycles. The van der Waals surface area contributed by atoms with Crippen LogP contribution in [0, 0.1) is 12.3 Å². The zero-order valence-electron chi connectivity index (χ0n) is 34.1. The minimum atomic E-state index is -0.595. The van der Waals surface area contributed by atoms with Crippen LogP contribution in [0.25, 0.3) is 98.5 Å². The number of aryl methyl sites for hydroxylation is 1. The molecular weight excluding hydrogens is 779 g/mol. The summed E-state index contributed by atoms with van der Waals surface area (Å²) in [6.07, 6.45) is 2.96. The molecule has 3 heterocycles. The highest BCUT2D eigenvalue weighted by molar-refractivity contribution is 7.25. The lowest BCUT2D eigenvalue weighted by atomic mass is 9.96. The fraction of sp³-hybridized carbons (Fsp3) is 0.0357. The van der Waals surface area contributed by atoms with Crippen LogP contribution in [-0.2, 0) is 0 Å². The van der Waals surface area contributed by atoms with Crippen LogP contribution in [0.5, 0.6) is 0 Å². The molecule has 11 rings (SSSR count). The van der Waals surface area contributed by atoms with Crippen molar-refractivity contribution in [1.82, 2.24) is 5.32 Å². The second-order valence-corrected chi connectivity index (χ2v) is 16.4. The number of amidine groups is 1. The largest absolute Gasteiger partial charge is 0.456 e. The van der Waals surface area contributed by atoms with Crippen molar-refractivity contribution in [2.24, 2.45) is 4.99 Å². The molecule has 0 saturated carbocycles. The third-order valence-electron chi connectivity index (χ3n) is 11.6. The zero-order chi connectivity index (χ0) is 42.3. The van der Waals surface area contributed by atoms with Crippen LogP contribution in [0.1, 0.15) is 34.0 Å². The lowest BCUT2D eigenvalue weighted by Crippen LogP contribution is -2.27. The van der Waals surface area contributed by atoms with Gasteiger partial charge in [0.05, 0.1) is 0 Å². The highest BCUT2D eigenvalue weighted by Crippen LogP contribution is 2.42. The first-order valence-electron chi connectivity index (χ1n) is 20.4. The lowest BCUT2D eigenvalue weighted by Gasteiger charge is -2.18. The van der Waals surface area contributed by atoms with Gasteiger partial charge in [0.2, 0.25) is 0 Å². The maximum atomic E-state index is 8.94. The molecule has 0 bridgehead atoms. The van der Waals surface area contributed by atoms with Crippen LogP contribution in [0.2, 0.25) is 0 Å². The first kappa shape index (κ1) is 38.4. The van der Waals surface area contributed by atoms with Gasteiger partial charge in [0.1, 0.15) is 34.3 Å². The maximum absolute atomic E-state index is 8.94. The van der Waals surface area contributed by atoms with Crippen molar-refractivity contribution in [3.8, 4) is 22.3 Å². The standard InChI is InChI=1S/C49H33N3O2S.C7H8/c1-4-28-16-17-33(24-29(28)5-2)48(50)52-49(51-3)38-12-9-14-42-47(38)39-25-32(20-23-40(39)53-42)34-11-8-13-41-46(34)37-22-19-30(26-43(37)54-41)31-18-21-36-35-10-6-7-15-44(35)55-45(36)27-31;1-7-5-3-2-4-6-7/h4-27,49H,1-3H2,(H2,50,52);2-6H,1H3. The normalized spacial score (nSPS) is 11.8. The average molecular weight is 820 g/mol. The first-order chi connectivity index (χ1) is 30.4. The van der Waals surface area contributed by atoms with E-state index in [1.54, 1.807) is 12.2 Å². The molecule has 62 heavy (non-hydrogen) atoms. The topological polar surface area (TPSA) is 74.5 Å². The number of rotatable bonds is 8. The Morgan fingerprint density at radius 3 is 2.05 bits per heavy atom. The van der Waals surface area contributed by atoms with Crippen LogP contribution in [0.3, 0.4) is 0 Å². The van der Waals surface area contributed by atoms with Gasteiger partial charge in [-0.2, -0.15) is 0 Å². The number of thiophene rings is 1. The third-order valence-corrected chi connectivity index (χ3v) is 12.7. The number of hydrogen-bond acceptors (Lipinski definition) is 5. The summed E-state index contributed by atoms with van der Waals surface area (Å²) in [6.45, 7) is 13.8. The Kier molecular flexibility index (Phi) is 9.91. The third kappa shape index (κ3) is 6.86. The Hall–Kier alpha value is -7.80. The van der Waals surface area contributed by atoms with E-state index >= 15 is 0 Å². The fourth-order valence-corrected chi connectivity index (χ4v) is 9.62. The molecule has 0 saturated heterocycles. The zero-order valence-corrected chi connectivity index (χ0v) is 34.9. The Labute approximate surface area is 363 Å². The highest BCUT2D eigenvalue weighted by Gasteiger charge is 2.21. The van der Waals surface area contributed by atoms with E-state index in [4.69, 9.17) is 14.2 Å². The monoisotopic (exact) mass is 819 g/mol. The minimum absolute atomic E-state index is 0.226. The van der Waals surface area contributed by atoms with Crippen LogP contribution in [-0.4, -0.2) is 12.6 Å². The van der Waals surface area contributed by atoms with Crippen molar-refractivity contribution >= 4 is 100 Å². The highest BCUT2D eigenvalue weighted by atomic mass is 32.1. The second kappa shape index (κ2) is 16.0. The molecule has 0 radical (unpaired) electrons. The summed E-state index contributed by atoms with van der Waals surface area (Å²) in [7, 11) is 0. The minimum Gasteiger partial charge on any atom is -0.456 e. The van der Waals surface area contributed by atoms with E-state index in [1.807, 2.05) is 84.1 Å². The van der Waals surface area contributed by atoms with E-state index in [2.05, 4.69) is 128 Å². The number of nitrogens with one attached hydrogen (secondary N) is 2.